The summed E-state index contributed by atoms with van der Waals surface area (Å²) in [5.74, 6) is -0.0463. The highest BCUT2D eigenvalue weighted by atomic mass is 16.5. The number of rotatable bonds is 8. The number of aliphatic hydroxyl groups excluding tert-OH is 6. The fourth-order valence-corrected chi connectivity index (χ4v) is 1.29. The molecule has 1 fully saturated rings. The van der Waals surface area contributed by atoms with E-state index < -0.39 is 6.10 Å². The van der Waals surface area contributed by atoms with Crippen LogP contribution in [0.1, 0.15) is 12.8 Å². The predicted octanol–water partition coefficient (Wildman–Crippen LogP) is -3.08. The standard InChI is InChI=1S/C6H15NO3.C4H6O2.C3H8O3/c8-4-1-7(2-5-9)3-6-10;5-4-2-1-3-6-4;4-1-3(6)2-5/h8-10H,1-6H2;1-3H2;3-6H,1-2H2. The van der Waals surface area contributed by atoms with E-state index in [-0.39, 0.29) is 39.0 Å². The Hall–Kier alpha value is -0.810. The molecule has 1 aliphatic heterocycles. The first-order chi connectivity index (χ1) is 10.5. The van der Waals surface area contributed by atoms with Gasteiger partial charge in [0.05, 0.1) is 39.6 Å². The van der Waals surface area contributed by atoms with Crippen LogP contribution in [0.5, 0.6) is 0 Å². The quantitative estimate of drug-likeness (QED) is 0.255. The molecule has 0 aromatic rings. The maximum atomic E-state index is 10.0. The maximum absolute atomic E-state index is 10.0. The van der Waals surface area contributed by atoms with Crippen molar-refractivity contribution in [2.45, 2.75) is 18.9 Å². The highest BCUT2D eigenvalue weighted by molar-refractivity contribution is 5.70. The second-order valence-corrected chi connectivity index (χ2v) is 4.36. The first-order valence-electron chi connectivity index (χ1n) is 7.15. The van der Waals surface area contributed by atoms with Gasteiger partial charge in [-0.2, -0.15) is 0 Å². The number of ether oxygens (including phenoxy) is 1. The van der Waals surface area contributed by atoms with Crippen molar-refractivity contribution in [3.63, 3.8) is 0 Å². The van der Waals surface area contributed by atoms with Crippen molar-refractivity contribution in [3.8, 4) is 0 Å². The van der Waals surface area contributed by atoms with Gasteiger partial charge in [0.1, 0.15) is 6.10 Å². The summed E-state index contributed by atoms with van der Waals surface area (Å²) in [6.45, 7) is 1.66. The van der Waals surface area contributed by atoms with Crippen LogP contribution in [0.25, 0.3) is 0 Å². The third-order valence-corrected chi connectivity index (χ3v) is 2.46. The van der Waals surface area contributed by atoms with Crippen molar-refractivity contribution in [1.82, 2.24) is 4.90 Å². The van der Waals surface area contributed by atoms with Gasteiger partial charge in [0.2, 0.25) is 0 Å². The average Bonchev–Trinajstić information content (AvgIpc) is 2.99. The summed E-state index contributed by atoms with van der Waals surface area (Å²) in [7, 11) is 0. The van der Waals surface area contributed by atoms with Crippen LogP contribution in [0.4, 0.5) is 0 Å². The number of cyclic esters (lactones) is 1. The molecule has 0 atom stereocenters. The smallest absolute Gasteiger partial charge is 0.305 e. The molecule has 22 heavy (non-hydrogen) atoms. The fourth-order valence-electron chi connectivity index (χ4n) is 1.29. The van der Waals surface area contributed by atoms with E-state index in [4.69, 9.17) is 30.6 Å². The molecule has 9 heteroatoms. The summed E-state index contributed by atoms with van der Waals surface area (Å²) in [6, 6.07) is 0. The molecule has 0 radical (unpaired) electrons. The van der Waals surface area contributed by atoms with Gasteiger partial charge >= 0.3 is 5.97 Å². The van der Waals surface area contributed by atoms with E-state index in [9.17, 15) is 4.79 Å². The van der Waals surface area contributed by atoms with Crippen molar-refractivity contribution in [2.24, 2.45) is 0 Å². The summed E-state index contributed by atoms with van der Waals surface area (Å²) in [6.07, 6.45) is 0.587. The highest BCUT2D eigenvalue weighted by Crippen LogP contribution is 2.01. The Kier molecular flexibility index (Phi) is 19.4. The molecule has 0 bridgehead atoms. The van der Waals surface area contributed by atoms with E-state index in [0.29, 0.717) is 32.7 Å². The van der Waals surface area contributed by atoms with Crippen molar-refractivity contribution in [1.29, 1.82) is 0 Å². The van der Waals surface area contributed by atoms with Crippen LogP contribution >= 0.6 is 0 Å². The lowest BCUT2D eigenvalue weighted by Gasteiger charge is -2.17. The number of hydrogen-bond acceptors (Lipinski definition) is 9. The third kappa shape index (κ3) is 17.2. The number of aliphatic hydroxyl groups is 6. The van der Waals surface area contributed by atoms with Crippen LogP contribution < -0.4 is 0 Å². The van der Waals surface area contributed by atoms with E-state index in [0.717, 1.165) is 6.42 Å². The Bertz CT molecular complexity index is 216. The van der Waals surface area contributed by atoms with Crippen molar-refractivity contribution in [2.75, 3.05) is 59.3 Å². The predicted molar refractivity (Wildman–Crippen MR) is 78.1 cm³/mol. The zero-order valence-electron chi connectivity index (χ0n) is 12.8. The Morgan fingerprint density at radius 1 is 0.955 bits per heavy atom. The molecule has 0 saturated carbocycles. The van der Waals surface area contributed by atoms with E-state index in [1.807, 2.05) is 0 Å². The Labute approximate surface area is 130 Å². The van der Waals surface area contributed by atoms with Crippen LogP contribution in [0, 0.1) is 0 Å². The molecule has 1 rings (SSSR count). The maximum Gasteiger partial charge on any atom is 0.305 e. The van der Waals surface area contributed by atoms with Gasteiger partial charge in [0.15, 0.2) is 0 Å². The Morgan fingerprint density at radius 3 is 1.55 bits per heavy atom. The zero-order valence-corrected chi connectivity index (χ0v) is 12.8. The summed E-state index contributed by atoms with van der Waals surface area (Å²) >= 11 is 0. The molecule has 1 aliphatic rings. The molecule has 1 saturated heterocycles. The number of nitrogens with zero attached hydrogens (tertiary/aromatic N) is 1. The summed E-state index contributed by atoms with van der Waals surface area (Å²) in [5, 5.41) is 49.5. The van der Waals surface area contributed by atoms with Gasteiger partial charge in [0.25, 0.3) is 0 Å². The van der Waals surface area contributed by atoms with Crippen molar-refractivity contribution in [3.05, 3.63) is 0 Å². The molecule has 1 heterocycles. The molecule has 0 spiro atoms. The lowest BCUT2D eigenvalue weighted by atomic mass is 10.4. The van der Waals surface area contributed by atoms with Crippen LogP contribution in [-0.4, -0.2) is 107 Å². The first-order valence-corrected chi connectivity index (χ1v) is 7.15. The average molecular weight is 327 g/mol. The molecule has 0 amide bonds. The van der Waals surface area contributed by atoms with Crippen LogP contribution in [0.2, 0.25) is 0 Å². The summed E-state index contributed by atoms with van der Waals surface area (Å²) in [4.78, 5) is 11.8. The van der Waals surface area contributed by atoms with Gasteiger partial charge in [-0.05, 0) is 6.42 Å². The number of carbonyl (C=O) groups is 1. The van der Waals surface area contributed by atoms with Crippen molar-refractivity contribution < 1.29 is 40.2 Å². The highest BCUT2D eigenvalue weighted by Gasteiger charge is 2.08. The van der Waals surface area contributed by atoms with Crippen molar-refractivity contribution >= 4 is 5.97 Å². The van der Waals surface area contributed by atoms with Gasteiger partial charge < -0.3 is 35.4 Å². The first kappa shape index (κ1) is 23.5. The Balaban J connectivity index is 0. The van der Waals surface area contributed by atoms with Gasteiger partial charge in [-0.15, -0.1) is 0 Å². The molecule has 0 unspecified atom stereocenters. The van der Waals surface area contributed by atoms with E-state index in [2.05, 4.69) is 4.74 Å². The summed E-state index contributed by atoms with van der Waals surface area (Å²) < 4.78 is 4.51. The Morgan fingerprint density at radius 2 is 1.41 bits per heavy atom. The molecule has 6 N–H and O–H groups in total. The number of esters is 1. The SMILES string of the molecule is O=C1CCCO1.OCC(O)CO.OCCN(CCO)CCO. The van der Waals surface area contributed by atoms with E-state index in [1.54, 1.807) is 4.90 Å². The second-order valence-electron chi connectivity index (χ2n) is 4.36. The monoisotopic (exact) mass is 327 g/mol. The molecule has 0 aromatic heterocycles. The normalized spacial score (nSPS) is 13.4. The number of carbonyl (C=O) groups excluding carboxylic acids is 1. The third-order valence-electron chi connectivity index (χ3n) is 2.46. The minimum atomic E-state index is -0.954. The largest absolute Gasteiger partial charge is 0.466 e. The lowest BCUT2D eigenvalue weighted by Crippen LogP contribution is -2.32. The topological polar surface area (TPSA) is 151 Å². The van der Waals surface area contributed by atoms with E-state index >= 15 is 0 Å². The molecule has 0 aliphatic carbocycles. The second kappa shape index (κ2) is 18.2. The molecule has 0 aromatic carbocycles. The minimum Gasteiger partial charge on any atom is -0.466 e. The zero-order chi connectivity index (χ0) is 17.2. The van der Waals surface area contributed by atoms with Crippen LogP contribution in [0.3, 0.4) is 0 Å². The van der Waals surface area contributed by atoms with Gasteiger partial charge in [-0.3, -0.25) is 9.69 Å². The van der Waals surface area contributed by atoms with Crippen LogP contribution in [-0.2, 0) is 9.53 Å². The summed E-state index contributed by atoms with van der Waals surface area (Å²) in [5.41, 5.74) is 0. The molecular formula is C13H29NO8. The molecule has 134 valence electrons. The van der Waals surface area contributed by atoms with Crippen LogP contribution in [0.15, 0.2) is 0 Å². The lowest BCUT2D eigenvalue weighted by molar-refractivity contribution is -0.137. The molecule has 9 nitrogen and oxygen atoms in total. The van der Waals surface area contributed by atoms with Gasteiger partial charge in [-0.25, -0.2) is 0 Å². The molecular weight excluding hydrogens is 298 g/mol. The van der Waals surface area contributed by atoms with E-state index in [1.165, 1.54) is 0 Å². The fraction of sp³-hybridized carbons (Fsp3) is 0.923. The van der Waals surface area contributed by atoms with Gasteiger partial charge in [0, 0.05) is 26.1 Å². The minimum absolute atomic E-state index is 0.0463. The number of hydrogen-bond donors (Lipinski definition) is 6. The van der Waals surface area contributed by atoms with Gasteiger partial charge in [-0.1, -0.05) is 0 Å².